The van der Waals surface area contributed by atoms with Gasteiger partial charge in [0.15, 0.2) is 0 Å². The third-order valence-electron chi connectivity index (χ3n) is 1.29. The van der Waals surface area contributed by atoms with E-state index < -0.39 is 0 Å². The third kappa shape index (κ3) is 3.94. The lowest BCUT2D eigenvalue weighted by atomic mass is 10.1. The quantitative estimate of drug-likeness (QED) is 0.400. The van der Waals surface area contributed by atoms with Crippen LogP contribution in [0.1, 0.15) is 19.3 Å². The van der Waals surface area contributed by atoms with Crippen molar-refractivity contribution in [3.63, 3.8) is 0 Å². The van der Waals surface area contributed by atoms with Gasteiger partial charge in [-0.05, 0) is 24.8 Å². The monoisotopic (exact) mass is 134 g/mol. The number of hydrogen-bond acceptors (Lipinski definition) is 0. The van der Waals surface area contributed by atoms with Crippen molar-refractivity contribution in [1.82, 2.24) is 0 Å². The molecule has 0 aliphatic rings. The Labute approximate surface area is 63.3 Å². The Balaban J connectivity index is 3.72. The standard InChI is InChI=1S/C10H14/c1-4-7-9-10(6-3)8-5-2/h4-5H,1-3,7-9H2. The fourth-order valence-electron chi connectivity index (χ4n) is 0.713. The highest BCUT2D eigenvalue weighted by atomic mass is 13.9. The Morgan fingerprint density at radius 2 is 2.00 bits per heavy atom. The molecular formula is C10H14. The molecule has 0 aromatic carbocycles. The molecule has 0 spiro atoms. The van der Waals surface area contributed by atoms with E-state index in [-0.39, 0.29) is 0 Å². The molecule has 0 aromatic heterocycles. The van der Waals surface area contributed by atoms with E-state index in [0.29, 0.717) is 0 Å². The lowest BCUT2D eigenvalue weighted by Gasteiger charge is -1.96. The summed E-state index contributed by atoms with van der Waals surface area (Å²) in [5.74, 6) is 0. The van der Waals surface area contributed by atoms with Gasteiger partial charge in [-0.15, -0.1) is 18.9 Å². The first-order chi connectivity index (χ1) is 4.85. The molecule has 54 valence electrons. The molecule has 0 rings (SSSR count). The van der Waals surface area contributed by atoms with Crippen LogP contribution in [-0.2, 0) is 0 Å². The summed E-state index contributed by atoms with van der Waals surface area (Å²) in [5.41, 5.74) is 4.10. The van der Waals surface area contributed by atoms with Crippen LogP contribution in [0.25, 0.3) is 0 Å². The summed E-state index contributed by atoms with van der Waals surface area (Å²) in [6.45, 7) is 10.9. The summed E-state index contributed by atoms with van der Waals surface area (Å²) in [5, 5.41) is 0. The summed E-state index contributed by atoms with van der Waals surface area (Å²) < 4.78 is 0. The molecule has 0 radical (unpaired) electrons. The lowest BCUT2D eigenvalue weighted by molar-refractivity contribution is 0.946. The van der Waals surface area contributed by atoms with Crippen LogP contribution in [0.15, 0.2) is 43.2 Å². The van der Waals surface area contributed by atoms with Crippen molar-refractivity contribution >= 4 is 0 Å². The molecule has 0 aliphatic carbocycles. The van der Waals surface area contributed by atoms with Crippen LogP contribution in [0, 0.1) is 0 Å². The molecule has 0 aliphatic heterocycles. The van der Waals surface area contributed by atoms with E-state index in [0.717, 1.165) is 19.3 Å². The van der Waals surface area contributed by atoms with Gasteiger partial charge in [0.2, 0.25) is 0 Å². The lowest BCUT2D eigenvalue weighted by Crippen LogP contribution is -1.77. The van der Waals surface area contributed by atoms with E-state index in [1.807, 2.05) is 12.2 Å². The molecule has 0 saturated carbocycles. The van der Waals surface area contributed by atoms with Gasteiger partial charge in [-0.3, -0.25) is 0 Å². The second kappa shape index (κ2) is 6.12. The molecule has 0 heterocycles. The molecule has 0 amide bonds. The second-order valence-corrected chi connectivity index (χ2v) is 2.10. The largest absolute Gasteiger partial charge is 0.129 e. The molecule has 0 nitrogen and oxygen atoms in total. The van der Waals surface area contributed by atoms with Crippen LogP contribution in [0.3, 0.4) is 0 Å². The van der Waals surface area contributed by atoms with Crippen molar-refractivity contribution < 1.29 is 0 Å². The average molecular weight is 134 g/mol. The molecule has 0 aromatic rings. The highest BCUT2D eigenvalue weighted by Crippen LogP contribution is 2.07. The molecule has 0 bridgehead atoms. The van der Waals surface area contributed by atoms with Crippen LogP contribution >= 0.6 is 0 Å². The normalized spacial score (nSPS) is 8.00. The van der Waals surface area contributed by atoms with Crippen molar-refractivity contribution in [1.29, 1.82) is 0 Å². The molecule has 0 N–H and O–H groups in total. The Morgan fingerprint density at radius 1 is 1.30 bits per heavy atom. The SMILES string of the molecule is C=C=C(CC=C)CCC=C. The summed E-state index contributed by atoms with van der Waals surface area (Å²) in [4.78, 5) is 0. The molecular weight excluding hydrogens is 120 g/mol. The van der Waals surface area contributed by atoms with Crippen molar-refractivity contribution in [3.8, 4) is 0 Å². The van der Waals surface area contributed by atoms with E-state index in [4.69, 9.17) is 0 Å². The molecule has 0 unspecified atom stereocenters. The molecule has 0 atom stereocenters. The van der Waals surface area contributed by atoms with Gasteiger partial charge < -0.3 is 0 Å². The Morgan fingerprint density at radius 3 is 2.40 bits per heavy atom. The third-order valence-corrected chi connectivity index (χ3v) is 1.29. The zero-order valence-corrected chi connectivity index (χ0v) is 6.40. The maximum atomic E-state index is 3.64. The van der Waals surface area contributed by atoms with Gasteiger partial charge in [0.1, 0.15) is 0 Å². The molecule has 10 heavy (non-hydrogen) atoms. The van der Waals surface area contributed by atoms with E-state index >= 15 is 0 Å². The fraction of sp³-hybridized carbons (Fsp3) is 0.300. The average Bonchev–Trinajstić information content (AvgIpc) is 1.98. The van der Waals surface area contributed by atoms with Gasteiger partial charge in [0, 0.05) is 0 Å². The van der Waals surface area contributed by atoms with E-state index in [1.54, 1.807) is 0 Å². The minimum atomic E-state index is 0.900. The molecule has 0 fully saturated rings. The maximum Gasteiger partial charge on any atom is -0.00653 e. The van der Waals surface area contributed by atoms with Crippen LogP contribution < -0.4 is 0 Å². The first kappa shape index (κ1) is 9.00. The van der Waals surface area contributed by atoms with Gasteiger partial charge in [-0.2, -0.15) is 0 Å². The van der Waals surface area contributed by atoms with Crippen LogP contribution in [0.2, 0.25) is 0 Å². The van der Waals surface area contributed by atoms with E-state index in [2.05, 4.69) is 25.5 Å². The smallest absolute Gasteiger partial charge is 0.00653 e. The Bertz CT molecular complexity index is 157. The van der Waals surface area contributed by atoms with Crippen molar-refractivity contribution in [2.75, 3.05) is 0 Å². The van der Waals surface area contributed by atoms with E-state index in [1.165, 1.54) is 5.57 Å². The molecule has 0 heteroatoms. The predicted octanol–water partition coefficient (Wildman–Crippen LogP) is 3.24. The number of hydrogen-bond donors (Lipinski definition) is 0. The first-order valence-corrected chi connectivity index (χ1v) is 3.44. The van der Waals surface area contributed by atoms with E-state index in [9.17, 15) is 0 Å². The topological polar surface area (TPSA) is 0 Å². The zero-order chi connectivity index (χ0) is 7.82. The highest BCUT2D eigenvalue weighted by Gasteiger charge is 1.89. The van der Waals surface area contributed by atoms with Gasteiger partial charge >= 0.3 is 0 Å². The summed E-state index contributed by atoms with van der Waals surface area (Å²) in [7, 11) is 0. The number of allylic oxidation sites excluding steroid dienone is 3. The molecule has 0 saturated heterocycles. The van der Waals surface area contributed by atoms with Crippen molar-refractivity contribution in [2.24, 2.45) is 0 Å². The first-order valence-electron chi connectivity index (χ1n) is 3.44. The highest BCUT2D eigenvalue weighted by molar-refractivity contribution is 5.04. The van der Waals surface area contributed by atoms with Gasteiger partial charge in [0.05, 0.1) is 0 Å². The van der Waals surface area contributed by atoms with Crippen molar-refractivity contribution in [2.45, 2.75) is 19.3 Å². The van der Waals surface area contributed by atoms with Gasteiger partial charge in [-0.25, -0.2) is 0 Å². The summed E-state index contributed by atoms with van der Waals surface area (Å²) in [6, 6.07) is 0. The Kier molecular flexibility index (Phi) is 5.51. The minimum Gasteiger partial charge on any atom is -0.129 e. The second-order valence-electron chi connectivity index (χ2n) is 2.10. The summed E-state index contributed by atoms with van der Waals surface area (Å²) in [6.07, 6.45) is 6.69. The number of rotatable bonds is 5. The van der Waals surface area contributed by atoms with Crippen LogP contribution in [0.5, 0.6) is 0 Å². The van der Waals surface area contributed by atoms with Crippen molar-refractivity contribution in [3.05, 3.63) is 43.2 Å². The fourth-order valence-corrected chi connectivity index (χ4v) is 0.713. The van der Waals surface area contributed by atoms with Gasteiger partial charge in [-0.1, -0.05) is 18.7 Å². The van der Waals surface area contributed by atoms with Gasteiger partial charge in [0.25, 0.3) is 0 Å². The predicted molar refractivity (Wildman–Crippen MR) is 46.9 cm³/mol. The summed E-state index contributed by atoms with van der Waals surface area (Å²) >= 11 is 0. The minimum absolute atomic E-state index is 0.900. The maximum absolute atomic E-state index is 3.64. The zero-order valence-electron chi connectivity index (χ0n) is 6.40. The van der Waals surface area contributed by atoms with Crippen LogP contribution in [-0.4, -0.2) is 0 Å². The van der Waals surface area contributed by atoms with Crippen LogP contribution in [0.4, 0.5) is 0 Å². The Hall–Kier alpha value is -1.00.